The topological polar surface area (TPSA) is 91.5 Å². The fraction of sp³-hybridized carbons (Fsp3) is 0.409. The summed E-state index contributed by atoms with van der Waals surface area (Å²) in [6.45, 7) is 4.96. The van der Waals surface area contributed by atoms with E-state index in [1.54, 1.807) is 30.5 Å². The Morgan fingerprint density at radius 3 is 2.52 bits per heavy atom. The molecule has 3 N–H and O–H groups in total. The molecule has 0 spiro atoms. The summed E-state index contributed by atoms with van der Waals surface area (Å²) in [7, 11) is 0. The predicted molar refractivity (Wildman–Crippen MR) is 120 cm³/mol. The molecule has 3 aromatic heterocycles. The van der Waals surface area contributed by atoms with Gasteiger partial charge in [0, 0.05) is 23.9 Å². The maximum absolute atomic E-state index is 13.0. The third-order valence-corrected chi connectivity index (χ3v) is 5.55. The second kappa shape index (κ2) is 9.28. The van der Waals surface area contributed by atoms with Crippen molar-refractivity contribution >= 4 is 29.6 Å². The number of aliphatic hydroxyl groups is 1. The molecule has 0 unspecified atom stereocenters. The van der Waals surface area contributed by atoms with Crippen LogP contribution in [-0.4, -0.2) is 38.5 Å². The number of fused-ring (bicyclic) bond motifs is 1. The number of carbonyl (C=O) groups excluding carboxylic acids is 1. The van der Waals surface area contributed by atoms with Crippen molar-refractivity contribution in [1.82, 2.24) is 19.7 Å². The molecule has 0 radical (unpaired) electrons. The van der Waals surface area contributed by atoms with Gasteiger partial charge in [0.2, 0.25) is 0 Å². The zero-order chi connectivity index (χ0) is 23.1. The summed E-state index contributed by atoms with van der Waals surface area (Å²) in [5.74, 6) is -0.492. The Balaban J connectivity index is 0.00000306. The Morgan fingerprint density at radius 1 is 1.18 bits per heavy atom. The van der Waals surface area contributed by atoms with Crippen LogP contribution in [-0.2, 0) is 11.8 Å². The SMILES string of the molecule is CC(C)(O)c1cc2nc(C3CCNCC3)cn2cc1NC(=O)c1cccc(C(F)(F)F)n1.Cl. The molecule has 1 saturated heterocycles. The van der Waals surface area contributed by atoms with Crippen molar-refractivity contribution in [3.05, 3.63) is 59.3 Å². The zero-order valence-electron chi connectivity index (χ0n) is 18.1. The van der Waals surface area contributed by atoms with Crippen molar-refractivity contribution in [2.24, 2.45) is 0 Å². The number of halogens is 4. The van der Waals surface area contributed by atoms with Crippen molar-refractivity contribution in [2.75, 3.05) is 18.4 Å². The van der Waals surface area contributed by atoms with Crippen LogP contribution in [0.3, 0.4) is 0 Å². The van der Waals surface area contributed by atoms with E-state index in [1.165, 1.54) is 6.07 Å². The monoisotopic (exact) mass is 483 g/mol. The predicted octanol–water partition coefficient (Wildman–Crippen LogP) is 4.12. The maximum atomic E-state index is 13.0. The molecule has 33 heavy (non-hydrogen) atoms. The van der Waals surface area contributed by atoms with E-state index in [4.69, 9.17) is 4.98 Å². The highest BCUT2D eigenvalue weighted by atomic mass is 35.5. The molecule has 3 aromatic rings. The lowest BCUT2D eigenvalue weighted by Gasteiger charge is -2.22. The number of carbonyl (C=O) groups is 1. The summed E-state index contributed by atoms with van der Waals surface area (Å²) in [5, 5.41) is 16.6. The number of hydrogen-bond acceptors (Lipinski definition) is 5. The van der Waals surface area contributed by atoms with Crippen LogP contribution in [0.4, 0.5) is 18.9 Å². The van der Waals surface area contributed by atoms with E-state index in [2.05, 4.69) is 15.6 Å². The second-order valence-corrected chi connectivity index (χ2v) is 8.48. The molecular formula is C22H25ClF3N5O2. The highest BCUT2D eigenvalue weighted by molar-refractivity contribution is 6.03. The molecule has 1 fully saturated rings. The van der Waals surface area contributed by atoms with Crippen LogP contribution in [0.25, 0.3) is 5.65 Å². The zero-order valence-corrected chi connectivity index (χ0v) is 18.9. The summed E-state index contributed by atoms with van der Waals surface area (Å²) in [4.78, 5) is 20.8. The largest absolute Gasteiger partial charge is 0.433 e. The summed E-state index contributed by atoms with van der Waals surface area (Å²) in [6, 6.07) is 4.82. The van der Waals surface area contributed by atoms with Gasteiger partial charge in [0.15, 0.2) is 0 Å². The van der Waals surface area contributed by atoms with Gasteiger partial charge in [0.05, 0.1) is 17.0 Å². The Labute approximate surface area is 194 Å². The van der Waals surface area contributed by atoms with Crippen LogP contribution in [0.15, 0.2) is 36.7 Å². The quantitative estimate of drug-likeness (QED) is 0.519. The van der Waals surface area contributed by atoms with E-state index < -0.39 is 23.4 Å². The van der Waals surface area contributed by atoms with Crippen molar-refractivity contribution in [3.63, 3.8) is 0 Å². The lowest BCUT2D eigenvalue weighted by atomic mass is 9.95. The number of piperidine rings is 1. The average molecular weight is 484 g/mol. The molecular weight excluding hydrogens is 459 g/mol. The minimum absolute atomic E-state index is 0. The number of hydrogen-bond donors (Lipinski definition) is 3. The molecule has 178 valence electrons. The lowest BCUT2D eigenvalue weighted by Crippen LogP contribution is -2.26. The molecule has 0 aliphatic carbocycles. The van der Waals surface area contributed by atoms with Crippen LogP contribution in [0.1, 0.15) is 60.0 Å². The lowest BCUT2D eigenvalue weighted by molar-refractivity contribution is -0.141. The van der Waals surface area contributed by atoms with Gasteiger partial charge in [-0.2, -0.15) is 13.2 Å². The number of aromatic nitrogens is 3. The first-order valence-corrected chi connectivity index (χ1v) is 10.3. The molecule has 7 nitrogen and oxygen atoms in total. The van der Waals surface area contributed by atoms with Gasteiger partial charge in [-0.25, -0.2) is 9.97 Å². The number of rotatable bonds is 4. The van der Waals surface area contributed by atoms with Gasteiger partial charge in [-0.1, -0.05) is 6.07 Å². The van der Waals surface area contributed by atoms with E-state index in [0.29, 0.717) is 17.1 Å². The molecule has 0 bridgehead atoms. The standard InChI is InChI=1S/C22H24F3N5O2.ClH/c1-21(2,32)14-10-19-28-16(13-6-8-26-9-7-13)11-30(19)12-17(14)29-20(31)15-4-3-5-18(27-15)22(23,24)25;/h3-5,10-13,26,32H,6-9H2,1-2H3,(H,29,31);1H. The van der Waals surface area contributed by atoms with E-state index in [0.717, 1.165) is 43.8 Å². The fourth-order valence-corrected chi connectivity index (χ4v) is 3.88. The van der Waals surface area contributed by atoms with Gasteiger partial charge in [-0.15, -0.1) is 12.4 Å². The molecule has 1 amide bonds. The van der Waals surface area contributed by atoms with Gasteiger partial charge in [0.25, 0.3) is 5.91 Å². The molecule has 0 aromatic carbocycles. The smallest absolute Gasteiger partial charge is 0.386 e. The van der Waals surface area contributed by atoms with Gasteiger partial charge in [-0.05, 0) is 58.0 Å². The Bertz CT molecular complexity index is 1150. The fourth-order valence-electron chi connectivity index (χ4n) is 3.88. The van der Waals surface area contributed by atoms with E-state index in [-0.39, 0.29) is 23.8 Å². The first-order chi connectivity index (χ1) is 15.0. The third kappa shape index (κ3) is 5.45. The van der Waals surface area contributed by atoms with Gasteiger partial charge in [0.1, 0.15) is 17.0 Å². The van der Waals surface area contributed by atoms with Crippen molar-refractivity contribution in [2.45, 2.75) is 44.4 Å². The van der Waals surface area contributed by atoms with E-state index >= 15 is 0 Å². The Kier molecular flexibility index (Phi) is 7.01. The van der Waals surface area contributed by atoms with Crippen LogP contribution in [0.5, 0.6) is 0 Å². The molecule has 0 saturated carbocycles. The van der Waals surface area contributed by atoms with Crippen molar-refractivity contribution in [3.8, 4) is 0 Å². The summed E-state index contributed by atoms with van der Waals surface area (Å²) < 4.78 is 40.7. The minimum Gasteiger partial charge on any atom is -0.386 e. The van der Waals surface area contributed by atoms with E-state index in [1.807, 2.05) is 6.20 Å². The highest BCUT2D eigenvalue weighted by Crippen LogP contribution is 2.32. The van der Waals surface area contributed by atoms with Crippen LogP contribution >= 0.6 is 12.4 Å². The Hall–Kier alpha value is -2.69. The highest BCUT2D eigenvalue weighted by Gasteiger charge is 2.33. The molecule has 11 heteroatoms. The summed E-state index contributed by atoms with van der Waals surface area (Å²) in [6.07, 6.45) is 0.777. The number of alkyl halides is 3. The van der Waals surface area contributed by atoms with Crippen LogP contribution in [0, 0.1) is 0 Å². The average Bonchev–Trinajstić information content (AvgIpc) is 3.16. The first-order valence-electron chi connectivity index (χ1n) is 10.3. The summed E-state index contributed by atoms with van der Waals surface area (Å²) in [5.41, 5.74) is -0.641. The molecule has 1 aliphatic rings. The number of nitrogens with one attached hydrogen (secondary N) is 2. The Morgan fingerprint density at radius 2 is 1.88 bits per heavy atom. The van der Waals surface area contributed by atoms with Crippen molar-refractivity contribution in [1.29, 1.82) is 0 Å². The number of pyridine rings is 2. The number of imidazole rings is 1. The maximum Gasteiger partial charge on any atom is 0.433 e. The molecule has 4 rings (SSSR count). The van der Waals surface area contributed by atoms with Gasteiger partial charge in [-0.3, -0.25) is 4.79 Å². The molecule has 4 heterocycles. The van der Waals surface area contributed by atoms with Gasteiger partial charge >= 0.3 is 6.18 Å². The number of nitrogens with zero attached hydrogens (tertiary/aromatic N) is 3. The molecule has 0 atom stereocenters. The van der Waals surface area contributed by atoms with E-state index in [9.17, 15) is 23.1 Å². The van der Waals surface area contributed by atoms with Crippen molar-refractivity contribution < 1.29 is 23.1 Å². The summed E-state index contributed by atoms with van der Waals surface area (Å²) >= 11 is 0. The number of anilines is 1. The van der Waals surface area contributed by atoms with Crippen LogP contribution < -0.4 is 10.6 Å². The molecule has 1 aliphatic heterocycles. The van der Waals surface area contributed by atoms with Crippen LogP contribution in [0.2, 0.25) is 0 Å². The van der Waals surface area contributed by atoms with Gasteiger partial charge < -0.3 is 20.1 Å². The normalized spacial score (nSPS) is 15.3. The third-order valence-electron chi connectivity index (χ3n) is 5.55. The minimum atomic E-state index is -4.66. The first kappa shape index (κ1) is 24.9. The second-order valence-electron chi connectivity index (χ2n) is 8.48. The number of amides is 1.